The summed E-state index contributed by atoms with van der Waals surface area (Å²) >= 11 is 3.43. The van der Waals surface area contributed by atoms with Crippen molar-refractivity contribution in [3.8, 4) is 0 Å². The van der Waals surface area contributed by atoms with Crippen molar-refractivity contribution < 1.29 is 4.79 Å². The first-order valence-electron chi connectivity index (χ1n) is 8.60. The van der Waals surface area contributed by atoms with Crippen molar-refractivity contribution in [3.63, 3.8) is 0 Å². The largest absolute Gasteiger partial charge is 0.368 e. The zero-order valence-electron chi connectivity index (χ0n) is 14.2. The second kappa shape index (κ2) is 7.09. The number of aromatic amines is 1. The van der Waals surface area contributed by atoms with E-state index < -0.39 is 6.04 Å². The SMILES string of the molecule is NC(C(=O)N1CCN(c2ccc3[nH]ncc3c2)CC1)c1cccc(Br)c1. The summed E-state index contributed by atoms with van der Waals surface area (Å²) in [5.41, 5.74) is 9.21. The molecule has 1 aromatic heterocycles. The third kappa shape index (κ3) is 3.32. The van der Waals surface area contributed by atoms with Crippen LogP contribution in [-0.4, -0.2) is 47.2 Å². The molecule has 2 aromatic carbocycles. The van der Waals surface area contributed by atoms with Crippen molar-refractivity contribution in [2.24, 2.45) is 5.73 Å². The number of nitrogens with two attached hydrogens (primary N) is 1. The first-order chi connectivity index (χ1) is 12.6. The number of piperazine rings is 1. The Morgan fingerprint density at radius 2 is 1.96 bits per heavy atom. The highest BCUT2D eigenvalue weighted by molar-refractivity contribution is 9.10. The Morgan fingerprint density at radius 1 is 1.15 bits per heavy atom. The van der Waals surface area contributed by atoms with E-state index in [0.717, 1.165) is 39.7 Å². The number of carbonyl (C=O) groups is 1. The number of fused-ring (bicyclic) bond motifs is 1. The third-order valence-corrected chi connectivity index (χ3v) is 5.35. The van der Waals surface area contributed by atoms with Gasteiger partial charge in [0.1, 0.15) is 6.04 Å². The van der Waals surface area contributed by atoms with E-state index in [1.54, 1.807) is 0 Å². The Kier molecular flexibility index (Phi) is 4.65. The van der Waals surface area contributed by atoms with Crippen molar-refractivity contribution in [2.45, 2.75) is 6.04 Å². The van der Waals surface area contributed by atoms with Crippen LogP contribution in [0.15, 0.2) is 53.1 Å². The van der Waals surface area contributed by atoms with Crippen molar-refractivity contribution in [2.75, 3.05) is 31.1 Å². The zero-order valence-corrected chi connectivity index (χ0v) is 15.8. The van der Waals surface area contributed by atoms with E-state index in [1.165, 1.54) is 0 Å². The molecule has 2 heterocycles. The molecule has 1 saturated heterocycles. The van der Waals surface area contributed by atoms with Crippen molar-refractivity contribution in [1.82, 2.24) is 15.1 Å². The number of halogens is 1. The van der Waals surface area contributed by atoms with Crippen LogP contribution in [0.4, 0.5) is 5.69 Å². The molecule has 26 heavy (non-hydrogen) atoms. The number of rotatable bonds is 3. The lowest BCUT2D eigenvalue weighted by atomic mass is 10.1. The van der Waals surface area contributed by atoms with Gasteiger partial charge in [-0.1, -0.05) is 28.1 Å². The molecule has 0 radical (unpaired) electrons. The number of carbonyl (C=O) groups excluding carboxylic acids is 1. The molecule has 0 bridgehead atoms. The quantitative estimate of drug-likeness (QED) is 0.691. The molecule has 134 valence electrons. The first-order valence-corrected chi connectivity index (χ1v) is 9.39. The van der Waals surface area contributed by atoms with Gasteiger partial charge in [-0.15, -0.1) is 0 Å². The summed E-state index contributed by atoms with van der Waals surface area (Å²) in [4.78, 5) is 16.9. The summed E-state index contributed by atoms with van der Waals surface area (Å²) < 4.78 is 0.928. The van der Waals surface area contributed by atoms with Crippen LogP contribution in [0.1, 0.15) is 11.6 Å². The Morgan fingerprint density at radius 3 is 2.73 bits per heavy atom. The molecular weight excluding hydrogens is 394 g/mol. The maximum absolute atomic E-state index is 12.7. The second-order valence-electron chi connectivity index (χ2n) is 6.49. The number of benzene rings is 2. The smallest absolute Gasteiger partial charge is 0.244 e. The van der Waals surface area contributed by atoms with Crippen LogP contribution in [0.3, 0.4) is 0 Å². The van der Waals surface area contributed by atoms with Crippen LogP contribution < -0.4 is 10.6 Å². The van der Waals surface area contributed by atoms with Gasteiger partial charge in [0.2, 0.25) is 5.91 Å². The Labute approximate surface area is 160 Å². The number of nitrogens with zero attached hydrogens (tertiary/aromatic N) is 3. The molecular formula is C19H20BrN5O. The highest BCUT2D eigenvalue weighted by Crippen LogP contribution is 2.23. The van der Waals surface area contributed by atoms with Gasteiger partial charge >= 0.3 is 0 Å². The van der Waals surface area contributed by atoms with Crippen molar-refractivity contribution >= 4 is 38.4 Å². The van der Waals surface area contributed by atoms with Gasteiger partial charge in [-0.3, -0.25) is 9.89 Å². The fraction of sp³-hybridized carbons (Fsp3) is 0.263. The number of hydrogen-bond donors (Lipinski definition) is 2. The highest BCUT2D eigenvalue weighted by atomic mass is 79.9. The lowest BCUT2D eigenvalue weighted by Gasteiger charge is -2.37. The Balaban J connectivity index is 1.41. The van der Waals surface area contributed by atoms with E-state index in [9.17, 15) is 4.79 Å². The van der Waals surface area contributed by atoms with Gasteiger partial charge in [0.15, 0.2) is 0 Å². The minimum absolute atomic E-state index is 0.0203. The molecule has 1 atom stereocenters. The lowest BCUT2D eigenvalue weighted by molar-refractivity contribution is -0.133. The van der Waals surface area contributed by atoms with Gasteiger partial charge in [0.05, 0.1) is 11.7 Å². The van der Waals surface area contributed by atoms with Crippen LogP contribution in [0.25, 0.3) is 10.9 Å². The molecule has 6 nitrogen and oxygen atoms in total. The highest BCUT2D eigenvalue weighted by Gasteiger charge is 2.26. The molecule has 7 heteroatoms. The third-order valence-electron chi connectivity index (χ3n) is 4.85. The van der Waals surface area contributed by atoms with E-state index in [1.807, 2.05) is 41.4 Å². The summed E-state index contributed by atoms with van der Waals surface area (Å²) in [5.74, 6) is -0.0203. The number of hydrogen-bond acceptors (Lipinski definition) is 4. The number of nitrogens with one attached hydrogen (secondary N) is 1. The molecule has 1 fully saturated rings. The predicted octanol–water partition coefficient (Wildman–Crippen LogP) is 2.67. The van der Waals surface area contributed by atoms with Gasteiger partial charge < -0.3 is 15.5 Å². The summed E-state index contributed by atoms with van der Waals surface area (Å²) in [6.45, 7) is 2.93. The summed E-state index contributed by atoms with van der Waals surface area (Å²) in [5, 5.41) is 8.12. The Hall–Kier alpha value is -2.38. The maximum Gasteiger partial charge on any atom is 0.244 e. The van der Waals surface area contributed by atoms with E-state index in [-0.39, 0.29) is 5.91 Å². The molecule has 3 aromatic rings. The molecule has 1 aliphatic rings. The van der Waals surface area contributed by atoms with Gasteiger partial charge in [-0.2, -0.15) is 5.10 Å². The minimum atomic E-state index is -0.624. The fourth-order valence-electron chi connectivity index (χ4n) is 3.35. The molecule has 4 rings (SSSR count). The predicted molar refractivity (Wildman–Crippen MR) is 106 cm³/mol. The van der Waals surface area contributed by atoms with Crippen LogP contribution in [0.5, 0.6) is 0 Å². The van der Waals surface area contributed by atoms with Crippen molar-refractivity contribution in [1.29, 1.82) is 0 Å². The van der Waals surface area contributed by atoms with Gasteiger partial charge in [0.25, 0.3) is 0 Å². The van der Waals surface area contributed by atoms with Crippen molar-refractivity contribution in [3.05, 3.63) is 58.7 Å². The summed E-state index contributed by atoms with van der Waals surface area (Å²) in [7, 11) is 0. The average molecular weight is 414 g/mol. The fourth-order valence-corrected chi connectivity index (χ4v) is 3.77. The number of anilines is 1. The Bertz CT molecular complexity index is 932. The zero-order chi connectivity index (χ0) is 18.1. The molecule has 0 spiro atoms. The minimum Gasteiger partial charge on any atom is -0.368 e. The van der Waals surface area contributed by atoms with Gasteiger partial charge in [-0.25, -0.2) is 0 Å². The number of H-pyrrole nitrogens is 1. The summed E-state index contributed by atoms with van der Waals surface area (Å²) in [6, 6.07) is 13.3. The van der Waals surface area contributed by atoms with Crippen LogP contribution in [0, 0.1) is 0 Å². The normalized spacial score (nSPS) is 16.1. The van der Waals surface area contributed by atoms with Gasteiger partial charge in [-0.05, 0) is 35.9 Å². The molecule has 0 saturated carbocycles. The van der Waals surface area contributed by atoms with Crippen LogP contribution in [-0.2, 0) is 4.79 Å². The monoisotopic (exact) mass is 413 g/mol. The maximum atomic E-state index is 12.7. The van der Waals surface area contributed by atoms with Crippen LogP contribution >= 0.6 is 15.9 Å². The van der Waals surface area contributed by atoms with E-state index in [2.05, 4.69) is 43.2 Å². The lowest BCUT2D eigenvalue weighted by Crippen LogP contribution is -2.51. The topological polar surface area (TPSA) is 78.3 Å². The van der Waals surface area contributed by atoms with E-state index in [0.29, 0.717) is 13.1 Å². The average Bonchev–Trinajstić information content (AvgIpc) is 3.15. The molecule has 1 amide bonds. The van der Waals surface area contributed by atoms with Crippen LogP contribution in [0.2, 0.25) is 0 Å². The molecule has 1 unspecified atom stereocenters. The van der Waals surface area contributed by atoms with E-state index >= 15 is 0 Å². The standard InChI is InChI=1S/C19H20BrN5O/c20-15-3-1-2-13(10-15)18(21)19(26)25-8-6-24(7-9-25)16-4-5-17-14(11-16)12-22-23-17/h1-5,10-12,18H,6-9,21H2,(H,22,23). The molecule has 0 aliphatic carbocycles. The van der Waals surface area contributed by atoms with Gasteiger partial charge in [0, 0.05) is 41.7 Å². The molecule has 3 N–H and O–H groups in total. The summed E-state index contributed by atoms with van der Waals surface area (Å²) in [6.07, 6.45) is 1.83. The number of amides is 1. The number of aromatic nitrogens is 2. The molecule has 1 aliphatic heterocycles. The second-order valence-corrected chi connectivity index (χ2v) is 7.40. The van der Waals surface area contributed by atoms with E-state index in [4.69, 9.17) is 5.73 Å². The first kappa shape index (κ1) is 17.1.